The van der Waals surface area contributed by atoms with E-state index in [1.54, 1.807) is 0 Å². The van der Waals surface area contributed by atoms with E-state index < -0.39 is 5.97 Å². The van der Waals surface area contributed by atoms with Crippen molar-refractivity contribution in [2.75, 3.05) is 0 Å². The Labute approximate surface area is 66.0 Å². The molecule has 3 atom stereocenters. The second-order valence-electron chi connectivity index (χ2n) is 3.37. The van der Waals surface area contributed by atoms with Crippen molar-refractivity contribution >= 4 is 5.97 Å². The minimum Gasteiger partial charge on any atom is -0.550 e. The van der Waals surface area contributed by atoms with Crippen LogP contribution >= 0.6 is 0 Å². The fourth-order valence-corrected chi connectivity index (χ4v) is 1.72. The lowest BCUT2D eigenvalue weighted by Gasteiger charge is -2.32. The first-order chi connectivity index (χ1) is 5.11. The minimum atomic E-state index is -0.968. The average molecular weight is 157 g/mol. The fourth-order valence-electron chi connectivity index (χ4n) is 1.72. The van der Waals surface area contributed by atoms with Gasteiger partial charge in [0, 0.05) is 11.9 Å². The predicted octanol–water partition coefficient (Wildman–Crippen LogP) is -0.467. The molecule has 3 unspecified atom stereocenters. The summed E-state index contributed by atoms with van der Waals surface area (Å²) in [6.45, 7) is 1.85. The summed E-state index contributed by atoms with van der Waals surface area (Å²) in [6, 6.07) is 0. The summed E-state index contributed by atoms with van der Waals surface area (Å²) >= 11 is 0. The van der Waals surface area contributed by atoms with Crippen molar-refractivity contribution < 1.29 is 15.0 Å². The molecule has 0 spiro atoms. The van der Waals surface area contributed by atoms with E-state index in [0.717, 1.165) is 0 Å². The molecule has 3 heteroatoms. The van der Waals surface area contributed by atoms with Crippen molar-refractivity contribution in [1.29, 1.82) is 0 Å². The standard InChI is InChI=1S/C8H14O3/c1-5-4-6(9)2-3-7(5)8(10)11/h5-7,9H,2-4H2,1H3,(H,10,11)/p-1. The Balaban J connectivity index is 2.50. The molecule has 0 amide bonds. The van der Waals surface area contributed by atoms with Crippen LogP contribution in [0, 0.1) is 11.8 Å². The second kappa shape index (κ2) is 3.22. The van der Waals surface area contributed by atoms with Gasteiger partial charge in [0.2, 0.25) is 0 Å². The summed E-state index contributed by atoms with van der Waals surface area (Å²) in [5.41, 5.74) is 0. The molecular formula is C8H13O3-. The van der Waals surface area contributed by atoms with Crippen LogP contribution < -0.4 is 5.11 Å². The number of carboxylic acid groups (broad SMARTS) is 1. The van der Waals surface area contributed by atoms with Crippen LogP contribution in [-0.4, -0.2) is 17.2 Å². The third-order valence-electron chi connectivity index (χ3n) is 2.44. The smallest absolute Gasteiger partial charge is 0.0543 e. The van der Waals surface area contributed by atoms with Crippen molar-refractivity contribution in [3.63, 3.8) is 0 Å². The summed E-state index contributed by atoms with van der Waals surface area (Å²) in [6.07, 6.45) is 1.45. The van der Waals surface area contributed by atoms with Crippen LogP contribution in [0.2, 0.25) is 0 Å². The highest BCUT2D eigenvalue weighted by Gasteiger charge is 2.26. The van der Waals surface area contributed by atoms with E-state index >= 15 is 0 Å². The Bertz CT molecular complexity index is 155. The number of hydrogen-bond donors (Lipinski definition) is 1. The number of carbonyl (C=O) groups is 1. The Kier molecular flexibility index (Phi) is 2.49. The van der Waals surface area contributed by atoms with Gasteiger partial charge in [-0.25, -0.2) is 0 Å². The SMILES string of the molecule is CC1CC(O)CCC1C(=O)[O-]. The van der Waals surface area contributed by atoms with E-state index in [1.807, 2.05) is 6.92 Å². The van der Waals surface area contributed by atoms with E-state index in [2.05, 4.69) is 0 Å². The molecule has 11 heavy (non-hydrogen) atoms. The van der Waals surface area contributed by atoms with Crippen LogP contribution in [0.15, 0.2) is 0 Å². The van der Waals surface area contributed by atoms with Gasteiger partial charge in [-0.05, 0) is 25.2 Å². The molecule has 64 valence electrons. The highest BCUT2D eigenvalue weighted by atomic mass is 16.4. The van der Waals surface area contributed by atoms with E-state index in [0.29, 0.717) is 19.3 Å². The summed E-state index contributed by atoms with van der Waals surface area (Å²) in [4.78, 5) is 10.5. The maximum Gasteiger partial charge on any atom is 0.0543 e. The number of carboxylic acids is 1. The summed E-state index contributed by atoms with van der Waals surface area (Å²) in [5.74, 6) is -1.26. The van der Waals surface area contributed by atoms with Gasteiger partial charge in [0.15, 0.2) is 0 Å². The molecule has 0 radical (unpaired) electrons. The topological polar surface area (TPSA) is 60.4 Å². The molecule has 1 aliphatic carbocycles. The number of carbonyl (C=O) groups excluding carboxylic acids is 1. The van der Waals surface area contributed by atoms with Crippen LogP contribution in [0.3, 0.4) is 0 Å². The van der Waals surface area contributed by atoms with Gasteiger partial charge in [0.1, 0.15) is 0 Å². The van der Waals surface area contributed by atoms with Gasteiger partial charge in [-0.1, -0.05) is 6.92 Å². The number of rotatable bonds is 1. The third-order valence-corrected chi connectivity index (χ3v) is 2.44. The van der Waals surface area contributed by atoms with E-state index in [4.69, 9.17) is 5.11 Å². The van der Waals surface area contributed by atoms with Gasteiger partial charge in [0.05, 0.1) is 6.10 Å². The molecule has 0 aromatic heterocycles. The van der Waals surface area contributed by atoms with E-state index in [9.17, 15) is 9.90 Å². The molecule has 0 aromatic carbocycles. The highest BCUT2D eigenvalue weighted by Crippen LogP contribution is 2.29. The van der Waals surface area contributed by atoms with Gasteiger partial charge >= 0.3 is 0 Å². The Morgan fingerprint density at radius 2 is 2.18 bits per heavy atom. The lowest BCUT2D eigenvalue weighted by atomic mass is 9.79. The van der Waals surface area contributed by atoms with Crippen molar-refractivity contribution in [2.45, 2.75) is 32.3 Å². The third kappa shape index (κ3) is 1.93. The molecule has 0 bridgehead atoms. The van der Waals surface area contributed by atoms with Crippen molar-refractivity contribution in [3.05, 3.63) is 0 Å². The molecule has 1 fully saturated rings. The van der Waals surface area contributed by atoms with E-state index in [-0.39, 0.29) is 17.9 Å². The zero-order valence-electron chi connectivity index (χ0n) is 6.62. The Morgan fingerprint density at radius 1 is 1.55 bits per heavy atom. The number of hydrogen-bond acceptors (Lipinski definition) is 3. The molecule has 0 aromatic rings. The first-order valence-corrected chi connectivity index (χ1v) is 4.00. The van der Waals surface area contributed by atoms with Crippen LogP contribution in [0.1, 0.15) is 26.2 Å². The normalized spacial score (nSPS) is 38.5. The predicted molar refractivity (Wildman–Crippen MR) is 37.5 cm³/mol. The van der Waals surface area contributed by atoms with Gasteiger partial charge in [0.25, 0.3) is 0 Å². The lowest BCUT2D eigenvalue weighted by molar-refractivity contribution is -0.314. The van der Waals surface area contributed by atoms with Gasteiger partial charge in [-0.3, -0.25) is 0 Å². The van der Waals surface area contributed by atoms with Crippen molar-refractivity contribution in [2.24, 2.45) is 11.8 Å². The average Bonchev–Trinajstić information content (AvgIpc) is 1.85. The zero-order chi connectivity index (χ0) is 8.43. The molecular weight excluding hydrogens is 144 g/mol. The number of aliphatic carboxylic acids is 1. The minimum absolute atomic E-state index is 0.0590. The molecule has 3 nitrogen and oxygen atoms in total. The molecule has 1 N–H and O–H groups in total. The Hall–Kier alpha value is -0.570. The molecule has 1 aliphatic rings. The summed E-state index contributed by atoms with van der Waals surface area (Å²) in [7, 11) is 0. The van der Waals surface area contributed by atoms with Crippen LogP contribution in [-0.2, 0) is 4.79 Å². The zero-order valence-corrected chi connectivity index (χ0v) is 6.62. The van der Waals surface area contributed by atoms with E-state index in [1.165, 1.54) is 0 Å². The fraction of sp³-hybridized carbons (Fsp3) is 0.875. The molecule has 0 heterocycles. The van der Waals surface area contributed by atoms with Gasteiger partial charge in [-0.15, -0.1) is 0 Å². The second-order valence-corrected chi connectivity index (χ2v) is 3.37. The molecule has 1 rings (SSSR count). The van der Waals surface area contributed by atoms with Gasteiger partial charge in [-0.2, -0.15) is 0 Å². The first-order valence-electron chi connectivity index (χ1n) is 4.00. The molecule has 1 saturated carbocycles. The summed E-state index contributed by atoms with van der Waals surface area (Å²) in [5, 5.41) is 19.6. The monoisotopic (exact) mass is 157 g/mol. The van der Waals surface area contributed by atoms with Crippen LogP contribution in [0.25, 0.3) is 0 Å². The van der Waals surface area contributed by atoms with Crippen LogP contribution in [0.4, 0.5) is 0 Å². The van der Waals surface area contributed by atoms with Crippen molar-refractivity contribution in [3.8, 4) is 0 Å². The van der Waals surface area contributed by atoms with Gasteiger partial charge < -0.3 is 15.0 Å². The lowest BCUT2D eigenvalue weighted by Crippen LogP contribution is -2.39. The maximum atomic E-state index is 10.5. The van der Waals surface area contributed by atoms with Crippen LogP contribution in [0.5, 0.6) is 0 Å². The number of aliphatic hydroxyl groups excluding tert-OH is 1. The van der Waals surface area contributed by atoms with Crippen molar-refractivity contribution in [1.82, 2.24) is 0 Å². The molecule has 0 aliphatic heterocycles. The maximum absolute atomic E-state index is 10.5. The quantitative estimate of drug-likeness (QED) is 0.560. The Morgan fingerprint density at radius 3 is 2.64 bits per heavy atom. The first kappa shape index (κ1) is 8.53. The summed E-state index contributed by atoms with van der Waals surface area (Å²) < 4.78 is 0. The number of aliphatic hydroxyl groups is 1. The highest BCUT2D eigenvalue weighted by molar-refractivity contribution is 5.68. The largest absolute Gasteiger partial charge is 0.550 e. The molecule has 0 saturated heterocycles.